The number of rotatable bonds is 17. The average molecular weight is 414 g/mol. The van der Waals surface area contributed by atoms with Gasteiger partial charge in [0.25, 0.3) is 0 Å². The van der Waals surface area contributed by atoms with Crippen LogP contribution in [0.3, 0.4) is 0 Å². The fourth-order valence-corrected chi connectivity index (χ4v) is 3.35. The molecule has 0 aliphatic rings. The van der Waals surface area contributed by atoms with Crippen molar-refractivity contribution in [2.75, 3.05) is 19.7 Å². The molecule has 0 aromatic heterocycles. The van der Waals surface area contributed by atoms with Crippen LogP contribution in [0.2, 0.25) is 0 Å². The summed E-state index contributed by atoms with van der Waals surface area (Å²) in [5.74, 6) is 0.373. The molecule has 0 aliphatic carbocycles. The summed E-state index contributed by atoms with van der Waals surface area (Å²) in [6.45, 7) is 11.1. The molecule has 1 amide bonds. The molecule has 0 aromatic carbocycles. The van der Waals surface area contributed by atoms with Crippen molar-refractivity contribution in [3.8, 4) is 0 Å². The zero-order valence-electron chi connectivity index (χ0n) is 19.3. The molecule has 0 aromatic rings. The van der Waals surface area contributed by atoms with Crippen LogP contribution in [0.4, 0.5) is 0 Å². The van der Waals surface area contributed by atoms with E-state index < -0.39 is 0 Å². The molecule has 0 fully saturated rings. The highest BCUT2D eigenvalue weighted by atomic mass is 16.5. The molecule has 0 bridgehead atoms. The van der Waals surface area contributed by atoms with Crippen molar-refractivity contribution in [1.29, 1.82) is 0 Å². The molecule has 0 rings (SSSR count). The Balaban J connectivity index is 4.11. The van der Waals surface area contributed by atoms with E-state index in [1.807, 2.05) is 11.8 Å². The van der Waals surface area contributed by atoms with Crippen LogP contribution in [0, 0.1) is 5.92 Å². The molecular formula is C23H43NO5. The van der Waals surface area contributed by atoms with Crippen molar-refractivity contribution in [3.63, 3.8) is 0 Å². The van der Waals surface area contributed by atoms with E-state index in [0.29, 0.717) is 25.5 Å². The number of hydrogen-bond acceptors (Lipinski definition) is 5. The third-order valence-electron chi connectivity index (χ3n) is 4.90. The van der Waals surface area contributed by atoms with Gasteiger partial charge in [0, 0.05) is 33.4 Å². The topological polar surface area (TPSA) is 72.9 Å². The monoisotopic (exact) mass is 413 g/mol. The molecule has 0 saturated heterocycles. The minimum absolute atomic E-state index is 0.0528. The smallest absolute Gasteiger partial charge is 0.305 e. The van der Waals surface area contributed by atoms with Crippen LogP contribution in [0.15, 0.2) is 0 Å². The second kappa shape index (κ2) is 17.3. The zero-order valence-corrected chi connectivity index (χ0v) is 19.3. The maximum Gasteiger partial charge on any atom is 0.305 e. The molecule has 0 spiro atoms. The minimum atomic E-state index is -0.231. The number of carbonyl (C=O) groups is 3. The Hall–Kier alpha value is -1.59. The van der Waals surface area contributed by atoms with E-state index in [0.717, 1.165) is 64.3 Å². The second-order valence-corrected chi connectivity index (χ2v) is 8.17. The van der Waals surface area contributed by atoms with Gasteiger partial charge in [0.1, 0.15) is 6.10 Å². The molecule has 6 nitrogen and oxygen atoms in total. The van der Waals surface area contributed by atoms with Crippen LogP contribution in [-0.2, 0) is 23.9 Å². The van der Waals surface area contributed by atoms with Gasteiger partial charge in [-0.05, 0) is 51.4 Å². The van der Waals surface area contributed by atoms with E-state index in [9.17, 15) is 14.4 Å². The highest BCUT2D eigenvalue weighted by Gasteiger charge is 2.14. The Bertz CT molecular complexity index is 464. The van der Waals surface area contributed by atoms with Gasteiger partial charge < -0.3 is 14.4 Å². The Morgan fingerprint density at radius 1 is 0.828 bits per heavy atom. The first kappa shape index (κ1) is 27.4. The lowest BCUT2D eigenvalue weighted by Gasteiger charge is -2.23. The van der Waals surface area contributed by atoms with Gasteiger partial charge in [-0.3, -0.25) is 14.4 Å². The second-order valence-electron chi connectivity index (χ2n) is 8.17. The van der Waals surface area contributed by atoms with Crippen LogP contribution in [0.1, 0.15) is 98.8 Å². The van der Waals surface area contributed by atoms with E-state index in [1.165, 1.54) is 6.92 Å². The normalized spacial score (nSPS) is 11.9. The lowest BCUT2D eigenvalue weighted by atomic mass is 10.0. The first-order valence-corrected chi connectivity index (χ1v) is 11.3. The van der Waals surface area contributed by atoms with Crippen molar-refractivity contribution < 1.29 is 23.9 Å². The number of hydrogen-bond donors (Lipinski definition) is 0. The van der Waals surface area contributed by atoms with Gasteiger partial charge in [0.05, 0.1) is 6.61 Å². The van der Waals surface area contributed by atoms with Crippen LogP contribution >= 0.6 is 0 Å². The molecule has 0 heterocycles. The maximum atomic E-state index is 11.9. The van der Waals surface area contributed by atoms with Crippen LogP contribution in [0.5, 0.6) is 0 Å². The standard InChI is InChI=1S/C23H43NO5/c1-6-28-23(27)16-9-7-8-10-17-24(20(4)25)18-12-15-22(29-21(5)26)14-11-13-19(2)3/h19,22H,6-18H2,1-5H3. The summed E-state index contributed by atoms with van der Waals surface area (Å²) in [5.41, 5.74) is 0. The number of amides is 1. The molecule has 1 unspecified atom stereocenters. The van der Waals surface area contributed by atoms with Gasteiger partial charge in [-0.2, -0.15) is 0 Å². The average Bonchev–Trinajstić information content (AvgIpc) is 2.61. The van der Waals surface area contributed by atoms with Gasteiger partial charge in [0.15, 0.2) is 0 Å². The highest BCUT2D eigenvalue weighted by molar-refractivity contribution is 5.73. The molecule has 6 heteroatoms. The summed E-state index contributed by atoms with van der Waals surface area (Å²) in [4.78, 5) is 36.4. The first-order chi connectivity index (χ1) is 13.8. The fourth-order valence-electron chi connectivity index (χ4n) is 3.35. The van der Waals surface area contributed by atoms with Crippen molar-refractivity contribution in [2.45, 2.75) is 105 Å². The molecule has 0 N–H and O–H groups in total. The zero-order chi connectivity index (χ0) is 22.1. The van der Waals surface area contributed by atoms with Gasteiger partial charge >= 0.3 is 11.9 Å². The maximum absolute atomic E-state index is 11.9. The summed E-state index contributed by atoms with van der Waals surface area (Å²) >= 11 is 0. The summed E-state index contributed by atoms with van der Waals surface area (Å²) in [6.07, 6.45) is 8.85. The van der Waals surface area contributed by atoms with Gasteiger partial charge in [-0.25, -0.2) is 0 Å². The molecule has 0 aliphatic heterocycles. The molecule has 0 saturated carbocycles. The van der Waals surface area contributed by atoms with Crippen molar-refractivity contribution in [3.05, 3.63) is 0 Å². The Morgan fingerprint density at radius 3 is 2.03 bits per heavy atom. The van der Waals surface area contributed by atoms with E-state index >= 15 is 0 Å². The molecule has 1 atom stereocenters. The predicted molar refractivity (Wildman–Crippen MR) is 115 cm³/mol. The molecule has 29 heavy (non-hydrogen) atoms. The van der Waals surface area contributed by atoms with E-state index in [1.54, 1.807) is 6.92 Å². The number of carbonyl (C=O) groups excluding carboxylic acids is 3. The SMILES string of the molecule is CCOC(=O)CCCCCCN(CCCC(CCCC(C)C)OC(C)=O)C(C)=O. The van der Waals surface area contributed by atoms with Crippen molar-refractivity contribution in [1.82, 2.24) is 4.90 Å². The largest absolute Gasteiger partial charge is 0.466 e. The third kappa shape index (κ3) is 17.0. The number of ether oxygens (including phenoxy) is 2. The summed E-state index contributed by atoms with van der Waals surface area (Å²) in [6, 6.07) is 0. The Morgan fingerprint density at radius 2 is 1.45 bits per heavy atom. The third-order valence-corrected chi connectivity index (χ3v) is 4.90. The van der Waals surface area contributed by atoms with Crippen LogP contribution < -0.4 is 0 Å². The van der Waals surface area contributed by atoms with Crippen molar-refractivity contribution >= 4 is 17.8 Å². The van der Waals surface area contributed by atoms with Gasteiger partial charge in [0.2, 0.25) is 5.91 Å². The fraction of sp³-hybridized carbons (Fsp3) is 0.870. The number of esters is 2. The van der Waals surface area contributed by atoms with E-state index in [4.69, 9.17) is 9.47 Å². The highest BCUT2D eigenvalue weighted by Crippen LogP contribution is 2.15. The van der Waals surface area contributed by atoms with Crippen LogP contribution in [0.25, 0.3) is 0 Å². The van der Waals surface area contributed by atoms with Crippen molar-refractivity contribution in [2.24, 2.45) is 5.92 Å². The number of unbranched alkanes of at least 4 members (excludes halogenated alkanes) is 3. The molecule has 0 radical (unpaired) electrons. The summed E-state index contributed by atoms with van der Waals surface area (Å²) in [5, 5.41) is 0. The minimum Gasteiger partial charge on any atom is -0.466 e. The van der Waals surface area contributed by atoms with Gasteiger partial charge in [-0.1, -0.05) is 33.1 Å². The quantitative estimate of drug-likeness (QED) is 0.251. The first-order valence-electron chi connectivity index (χ1n) is 11.3. The van der Waals surface area contributed by atoms with E-state index in [2.05, 4.69) is 13.8 Å². The lowest BCUT2D eigenvalue weighted by molar-refractivity contribution is -0.147. The van der Waals surface area contributed by atoms with E-state index in [-0.39, 0.29) is 23.9 Å². The van der Waals surface area contributed by atoms with Gasteiger partial charge in [-0.15, -0.1) is 0 Å². The Kier molecular flexibility index (Phi) is 16.3. The molecular weight excluding hydrogens is 370 g/mol. The number of nitrogens with zero attached hydrogens (tertiary/aromatic N) is 1. The predicted octanol–water partition coefficient (Wildman–Crippen LogP) is 4.89. The summed E-state index contributed by atoms with van der Waals surface area (Å²) in [7, 11) is 0. The van der Waals surface area contributed by atoms with Crippen LogP contribution in [-0.4, -0.2) is 48.5 Å². The lowest BCUT2D eigenvalue weighted by Crippen LogP contribution is -2.31. The Labute approximate surface area is 177 Å². The summed E-state index contributed by atoms with van der Waals surface area (Å²) < 4.78 is 10.4. The molecule has 170 valence electrons.